The van der Waals surface area contributed by atoms with Gasteiger partial charge in [0.25, 0.3) is 5.56 Å². The summed E-state index contributed by atoms with van der Waals surface area (Å²) in [7, 11) is 0. The molecular formula is C18H23ClN4O2. The fraction of sp³-hybridized carbons (Fsp3) is 0.444. The zero-order valence-corrected chi connectivity index (χ0v) is 15.1. The predicted molar refractivity (Wildman–Crippen MR) is 99.6 cm³/mol. The molecule has 2 N–H and O–H groups in total. The molecule has 0 spiro atoms. The van der Waals surface area contributed by atoms with Crippen LogP contribution in [0.4, 0.5) is 5.95 Å². The van der Waals surface area contributed by atoms with Crippen LogP contribution in [0.25, 0.3) is 0 Å². The van der Waals surface area contributed by atoms with Crippen LogP contribution in [0.15, 0.2) is 29.1 Å². The molecule has 0 atom stereocenters. The lowest BCUT2D eigenvalue weighted by Gasteiger charge is -2.34. The summed E-state index contributed by atoms with van der Waals surface area (Å²) >= 11 is 6.21. The second kappa shape index (κ2) is 7.99. The fourth-order valence-corrected chi connectivity index (χ4v) is 3.31. The molecule has 6 nitrogen and oxygen atoms in total. The van der Waals surface area contributed by atoms with Crippen molar-refractivity contribution in [3.05, 3.63) is 56.5 Å². The quantitative estimate of drug-likeness (QED) is 0.842. The Morgan fingerprint density at radius 1 is 1.24 bits per heavy atom. The molecule has 3 rings (SSSR count). The van der Waals surface area contributed by atoms with Crippen LogP contribution in [0.3, 0.4) is 0 Å². The smallest absolute Gasteiger partial charge is 0.256 e. The van der Waals surface area contributed by atoms with Crippen LogP contribution in [-0.2, 0) is 6.42 Å². The third kappa shape index (κ3) is 4.21. The minimum Gasteiger partial charge on any atom is -0.395 e. The molecule has 134 valence electrons. The van der Waals surface area contributed by atoms with Crippen molar-refractivity contribution in [2.45, 2.75) is 13.3 Å². The van der Waals surface area contributed by atoms with E-state index in [-0.39, 0.29) is 12.2 Å². The van der Waals surface area contributed by atoms with Crippen LogP contribution in [0.5, 0.6) is 0 Å². The standard InChI is InChI=1S/C18H23ClN4O2/c1-13-15(12-14-4-2-3-5-16(14)19)17(25)21-18(20-13)23-8-6-22(7-9-23)10-11-24/h2-5,24H,6-12H2,1H3,(H,20,21,25). The molecule has 0 aliphatic carbocycles. The minimum absolute atomic E-state index is 0.111. The van der Waals surface area contributed by atoms with Crippen molar-refractivity contribution in [3.63, 3.8) is 0 Å². The number of halogens is 1. The van der Waals surface area contributed by atoms with Gasteiger partial charge in [0.2, 0.25) is 5.95 Å². The van der Waals surface area contributed by atoms with Crippen molar-refractivity contribution >= 4 is 17.5 Å². The second-order valence-electron chi connectivity index (χ2n) is 6.27. The molecule has 25 heavy (non-hydrogen) atoms. The Bertz CT molecular complexity index is 785. The molecule has 0 amide bonds. The van der Waals surface area contributed by atoms with Gasteiger partial charge in [-0.3, -0.25) is 14.7 Å². The molecule has 7 heteroatoms. The highest BCUT2D eigenvalue weighted by Crippen LogP contribution is 2.19. The van der Waals surface area contributed by atoms with E-state index < -0.39 is 0 Å². The number of nitrogens with one attached hydrogen (secondary N) is 1. The third-order valence-electron chi connectivity index (χ3n) is 4.62. The molecule has 1 saturated heterocycles. The lowest BCUT2D eigenvalue weighted by Crippen LogP contribution is -2.48. The normalized spacial score (nSPS) is 15.6. The van der Waals surface area contributed by atoms with Gasteiger partial charge in [0.1, 0.15) is 0 Å². The van der Waals surface area contributed by atoms with Gasteiger partial charge in [0.05, 0.1) is 12.3 Å². The highest BCUT2D eigenvalue weighted by molar-refractivity contribution is 6.31. The van der Waals surface area contributed by atoms with Gasteiger partial charge in [-0.1, -0.05) is 29.8 Å². The largest absolute Gasteiger partial charge is 0.395 e. The van der Waals surface area contributed by atoms with E-state index in [2.05, 4.69) is 19.8 Å². The molecule has 1 aromatic heterocycles. The molecule has 2 heterocycles. The number of hydrogen-bond acceptors (Lipinski definition) is 5. The first-order valence-electron chi connectivity index (χ1n) is 8.50. The molecule has 0 radical (unpaired) electrons. The van der Waals surface area contributed by atoms with Crippen molar-refractivity contribution < 1.29 is 5.11 Å². The van der Waals surface area contributed by atoms with E-state index >= 15 is 0 Å². The summed E-state index contributed by atoms with van der Waals surface area (Å²) in [6, 6.07) is 7.54. The number of hydrogen-bond donors (Lipinski definition) is 2. The van der Waals surface area contributed by atoms with E-state index in [1.54, 1.807) is 0 Å². The molecule has 1 aliphatic heterocycles. The molecule has 1 aromatic carbocycles. The Morgan fingerprint density at radius 3 is 2.60 bits per heavy atom. The SMILES string of the molecule is Cc1nc(N2CCN(CCO)CC2)[nH]c(=O)c1Cc1ccccc1Cl. The molecular weight excluding hydrogens is 340 g/mol. The first-order valence-corrected chi connectivity index (χ1v) is 8.87. The van der Waals surface area contributed by atoms with E-state index in [0.717, 1.165) is 37.4 Å². The summed E-state index contributed by atoms with van der Waals surface area (Å²) < 4.78 is 0. The number of anilines is 1. The summed E-state index contributed by atoms with van der Waals surface area (Å²) in [6.07, 6.45) is 0.471. The van der Waals surface area contributed by atoms with Gasteiger partial charge in [-0.15, -0.1) is 0 Å². The fourth-order valence-electron chi connectivity index (χ4n) is 3.11. The maximum absolute atomic E-state index is 12.6. The van der Waals surface area contributed by atoms with Crippen LogP contribution in [-0.4, -0.2) is 59.3 Å². The van der Waals surface area contributed by atoms with Gasteiger partial charge < -0.3 is 10.0 Å². The monoisotopic (exact) mass is 362 g/mol. The first-order chi connectivity index (χ1) is 12.1. The average molecular weight is 363 g/mol. The van der Waals surface area contributed by atoms with E-state index in [9.17, 15) is 4.79 Å². The molecule has 0 bridgehead atoms. The average Bonchev–Trinajstić information content (AvgIpc) is 2.60. The Hall–Kier alpha value is -1.89. The molecule has 0 saturated carbocycles. The van der Waals surface area contributed by atoms with Crippen LogP contribution in [0.1, 0.15) is 16.8 Å². The second-order valence-corrected chi connectivity index (χ2v) is 6.68. The zero-order valence-electron chi connectivity index (χ0n) is 14.3. The van der Waals surface area contributed by atoms with Crippen LogP contribution < -0.4 is 10.5 Å². The minimum atomic E-state index is -0.111. The molecule has 0 unspecified atom stereocenters. The Balaban J connectivity index is 1.77. The Kier molecular flexibility index (Phi) is 5.73. The lowest BCUT2D eigenvalue weighted by atomic mass is 10.1. The number of aliphatic hydroxyl groups excluding tert-OH is 1. The number of benzene rings is 1. The maximum atomic E-state index is 12.6. The van der Waals surface area contributed by atoms with Gasteiger partial charge >= 0.3 is 0 Å². The number of piperazine rings is 1. The Morgan fingerprint density at radius 2 is 1.96 bits per heavy atom. The summed E-state index contributed by atoms with van der Waals surface area (Å²) in [6.45, 7) is 6.00. The highest BCUT2D eigenvalue weighted by Gasteiger charge is 2.20. The number of aryl methyl sites for hydroxylation is 1. The van der Waals surface area contributed by atoms with Crippen molar-refractivity contribution in [2.75, 3.05) is 44.2 Å². The number of H-pyrrole nitrogens is 1. The zero-order chi connectivity index (χ0) is 17.8. The number of β-amino-alcohol motifs (C(OH)–C–C–N with tert-alkyl or cyclic N) is 1. The van der Waals surface area contributed by atoms with Gasteiger partial charge in [-0.2, -0.15) is 0 Å². The van der Waals surface area contributed by atoms with E-state index in [1.165, 1.54) is 0 Å². The summed E-state index contributed by atoms with van der Waals surface area (Å²) in [5, 5.41) is 9.68. The van der Waals surface area contributed by atoms with Crippen LogP contribution in [0, 0.1) is 6.92 Å². The predicted octanol–water partition coefficient (Wildman–Crippen LogP) is 1.44. The third-order valence-corrected chi connectivity index (χ3v) is 4.99. The number of nitrogens with zero attached hydrogens (tertiary/aromatic N) is 3. The number of aromatic amines is 1. The number of aromatic nitrogens is 2. The van der Waals surface area contributed by atoms with Gasteiger partial charge in [0, 0.05) is 49.7 Å². The topological polar surface area (TPSA) is 72.5 Å². The van der Waals surface area contributed by atoms with Crippen LogP contribution in [0.2, 0.25) is 5.02 Å². The molecule has 1 aliphatic rings. The lowest BCUT2D eigenvalue weighted by molar-refractivity contribution is 0.188. The van der Waals surface area contributed by atoms with Crippen molar-refractivity contribution in [1.82, 2.24) is 14.9 Å². The van der Waals surface area contributed by atoms with E-state index in [1.807, 2.05) is 31.2 Å². The summed E-state index contributed by atoms with van der Waals surface area (Å²) in [5.74, 6) is 0.619. The van der Waals surface area contributed by atoms with Crippen molar-refractivity contribution in [2.24, 2.45) is 0 Å². The Labute approximate surface area is 152 Å². The number of rotatable bonds is 5. The van der Waals surface area contributed by atoms with E-state index in [4.69, 9.17) is 16.7 Å². The molecule has 1 fully saturated rings. The maximum Gasteiger partial charge on any atom is 0.256 e. The summed E-state index contributed by atoms with van der Waals surface area (Å²) in [5.41, 5.74) is 2.19. The van der Waals surface area contributed by atoms with Gasteiger partial charge in [-0.05, 0) is 18.6 Å². The first kappa shape index (κ1) is 17.9. The highest BCUT2D eigenvalue weighted by atomic mass is 35.5. The van der Waals surface area contributed by atoms with Crippen LogP contribution >= 0.6 is 11.6 Å². The van der Waals surface area contributed by atoms with Crippen molar-refractivity contribution in [1.29, 1.82) is 0 Å². The van der Waals surface area contributed by atoms with E-state index in [0.29, 0.717) is 29.5 Å². The van der Waals surface area contributed by atoms with Gasteiger partial charge in [-0.25, -0.2) is 4.98 Å². The number of aliphatic hydroxyl groups is 1. The molecule has 2 aromatic rings. The van der Waals surface area contributed by atoms with Crippen molar-refractivity contribution in [3.8, 4) is 0 Å². The summed E-state index contributed by atoms with van der Waals surface area (Å²) in [4.78, 5) is 24.4. The van der Waals surface area contributed by atoms with Gasteiger partial charge in [0.15, 0.2) is 0 Å².